The first kappa shape index (κ1) is 19.5. The zero-order valence-electron chi connectivity index (χ0n) is 15.4. The minimum Gasteiger partial charge on any atom is -0.343 e. The van der Waals surface area contributed by atoms with Gasteiger partial charge in [-0.3, -0.25) is 4.79 Å². The highest BCUT2D eigenvalue weighted by molar-refractivity contribution is 7.92. The van der Waals surface area contributed by atoms with Crippen molar-refractivity contribution in [2.75, 3.05) is 13.1 Å². The average Bonchev–Trinajstić information content (AvgIpc) is 2.69. The van der Waals surface area contributed by atoms with Crippen LogP contribution >= 0.6 is 0 Å². The molecule has 0 aliphatic carbocycles. The number of nitrogens with zero attached hydrogens (tertiary/aromatic N) is 1. The molecule has 0 spiro atoms. The Hall–Kier alpha value is -2.21. The Balaban J connectivity index is 1.54. The summed E-state index contributed by atoms with van der Waals surface area (Å²) in [6, 6.07) is 13.5. The average molecular weight is 389 g/mol. The molecular weight excluding hydrogens is 365 g/mol. The second-order valence-corrected chi connectivity index (χ2v) is 9.25. The number of amides is 1. The van der Waals surface area contributed by atoms with Gasteiger partial charge in [0.15, 0.2) is 9.84 Å². The fraction of sp³-hybridized carbons (Fsp3) is 0.381. The third kappa shape index (κ3) is 4.56. The van der Waals surface area contributed by atoms with Crippen LogP contribution in [0.2, 0.25) is 0 Å². The van der Waals surface area contributed by atoms with Gasteiger partial charge in [-0.25, -0.2) is 12.8 Å². The summed E-state index contributed by atoms with van der Waals surface area (Å²) < 4.78 is 39.0. The maximum atomic E-state index is 13.6. The lowest BCUT2D eigenvalue weighted by Gasteiger charge is -2.32. The predicted molar refractivity (Wildman–Crippen MR) is 103 cm³/mol. The number of carbonyl (C=O) groups excluding carboxylic acids is 1. The van der Waals surface area contributed by atoms with Gasteiger partial charge in [0.05, 0.1) is 10.1 Å². The van der Waals surface area contributed by atoms with Crippen molar-refractivity contribution in [3.05, 3.63) is 65.5 Å². The van der Waals surface area contributed by atoms with Crippen molar-refractivity contribution in [2.24, 2.45) is 0 Å². The summed E-state index contributed by atoms with van der Waals surface area (Å²) in [7, 11) is -3.35. The Morgan fingerprint density at radius 2 is 1.78 bits per heavy atom. The first-order valence-corrected chi connectivity index (χ1v) is 10.7. The van der Waals surface area contributed by atoms with E-state index in [0.29, 0.717) is 49.2 Å². The molecule has 3 rings (SSSR count). The van der Waals surface area contributed by atoms with Crippen molar-refractivity contribution in [1.29, 1.82) is 0 Å². The van der Waals surface area contributed by atoms with Crippen LogP contribution in [0, 0.1) is 12.7 Å². The molecule has 1 heterocycles. The number of carbonyl (C=O) groups is 1. The molecule has 2 aromatic rings. The van der Waals surface area contributed by atoms with Gasteiger partial charge in [0.2, 0.25) is 5.91 Å². The molecule has 1 aliphatic heterocycles. The van der Waals surface area contributed by atoms with E-state index in [0.717, 1.165) is 5.56 Å². The van der Waals surface area contributed by atoms with Gasteiger partial charge < -0.3 is 4.90 Å². The Morgan fingerprint density at radius 3 is 2.41 bits per heavy atom. The number of piperidine rings is 1. The van der Waals surface area contributed by atoms with Crippen molar-refractivity contribution in [2.45, 2.75) is 42.8 Å². The summed E-state index contributed by atoms with van der Waals surface area (Å²) in [5, 5.41) is -0.449. The lowest BCUT2D eigenvalue weighted by molar-refractivity contribution is -0.132. The van der Waals surface area contributed by atoms with Gasteiger partial charge in [0, 0.05) is 19.5 Å². The third-order valence-electron chi connectivity index (χ3n) is 5.17. The van der Waals surface area contributed by atoms with Crippen molar-refractivity contribution in [1.82, 2.24) is 4.90 Å². The van der Waals surface area contributed by atoms with Gasteiger partial charge in [0.25, 0.3) is 0 Å². The SMILES string of the molecule is Cc1ccc(CCC(=O)N2CCC(S(=O)(=O)c3ccccc3)CC2)cc1F. The second kappa shape index (κ2) is 8.21. The number of aryl methyl sites for hydroxylation is 2. The van der Waals surface area contributed by atoms with Crippen LogP contribution in [0.3, 0.4) is 0 Å². The van der Waals surface area contributed by atoms with E-state index >= 15 is 0 Å². The van der Waals surface area contributed by atoms with E-state index in [1.54, 1.807) is 48.2 Å². The molecule has 1 fully saturated rings. The predicted octanol–water partition coefficient (Wildman–Crippen LogP) is 3.53. The first-order chi connectivity index (χ1) is 12.9. The monoisotopic (exact) mass is 389 g/mol. The van der Waals surface area contributed by atoms with Crippen LogP contribution in [0.1, 0.15) is 30.4 Å². The minimum atomic E-state index is -3.35. The Labute approximate surface area is 159 Å². The first-order valence-electron chi connectivity index (χ1n) is 9.19. The molecule has 0 unspecified atom stereocenters. The van der Waals surface area contributed by atoms with E-state index in [4.69, 9.17) is 0 Å². The van der Waals surface area contributed by atoms with Crippen LogP contribution < -0.4 is 0 Å². The molecule has 6 heteroatoms. The molecule has 0 radical (unpaired) electrons. The van der Waals surface area contributed by atoms with E-state index in [1.807, 2.05) is 6.07 Å². The minimum absolute atomic E-state index is 0.00783. The number of hydrogen-bond acceptors (Lipinski definition) is 3. The molecule has 1 aliphatic rings. The molecule has 0 bridgehead atoms. The van der Waals surface area contributed by atoms with Crippen molar-refractivity contribution in [3.63, 3.8) is 0 Å². The fourth-order valence-corrected chi connectivity index (χ4v) is 5.17. The van der Waals surface area contributed by atoms with Crippen molar-refractivity contribution >= 4 is 15.7 Å². The number of hydrogen-bond donors (Lipinski definition) is 0. The number of sulfone groups is 1. The van der Waals surface area contributed by atoms with Gasteiger partial charge in [-0.15, -0.1) is 0 Å². The lowest BCUT2D eigenvalue weighted by Crippen LogP contribution is -2.42. The number of benzene rings is 2. The van der Waals surface area contributed by atoms with Gasteiger partial charge in [-0.1, -0.05) is 30.3 Å². The summed E-state index contributed by atoms with van der Waals surface area (Å²) in [5.41, 5.74) is 1.39. The Kier molecular flexibility index (Phi) is 5.95. The summed E-state index contributed by atoms with van der Waals surface area (Å²) in [6.07, 6.45) is 1.68. The molecule has 27 heavy (non-hydrogen) atoms. The summed E-state index contributed by atoms with van der Waals surface area (Å²) in [5.74, 6) is -0.265. The van der Waals surface area contributed by atoms with Crippen LogP contribution in [0.4, 0.5) is 4.39 Å². The molecule has 2 aromatic carbocycles. The third-order valence-corrected chi connectivity index (χ3v) is 7.45. The van der Waals surface area contributed by atoms with Crippen LogP contribution in [0.5, 0.6) is 0 Å². The molecule has 1 saturated heterocycles. The standard InChI is InChI=1S/C21H24FNO3S/c1-16-7-8-17(15-20(16)22)9-10-21(24)23-13-11-19(12-14-23)27(25,26)18-5-3-2-4-6-18/h2-8,15,19H,9-14H2,1H3. The summed E-state index contributed by atoms with van der Waals surface area (Å²) in [4.78, 5) is 14.5. The van der Waals surface area contributed by atoms with Crippen molar-refractivity contribution in [3.8, 4) is 0 Å². The fourth-order valence-electron chi connectivity index (χ4n) is 3.42. The number of likely N-dealkylation sites (tertiary alicyclic amines) is 1. The highest BCUT2D eigenvalue weighted by atomic mass is 32.2. The zero-order chi connectivity index (χ0) is 19.4. The normalized spacial score (nSPS) is 15.7. The Bertz CT molecular complexity index is 904. The van der Waals surface area contributed by atoms with E-state index in [1.165, 1.54) is 6.07 Å². The molecule has 1 amide bonds. The molecule has 144 valence electrons. The molecule has 0 atom stereocenters. The zero-order valence-corrected chi connectivity index (χ0v) is 16.2. The highest BCUT2D eigenvalue weighted by Gasteiger charge is 2.32. The molecule has 0 aromatic heterocycles. The maximum Gasteiger partial charge on any atom is 0.222 e. The topological polar surface area (TPSA) is 54.5 Å². The van der Waals surface area contributed by atoms with Gasteiger partial charge >= 0.3 is 0 Å². The van der Waals surface area contributed by atoms with Crippen LogP contribution in [0.15, 0.2) is 53.4 Å². The number of rotatable bonds is 5. The maximum absolute atomic E-state index is 13.6. The van der Waals surface area contributed by atoms with Gasteiger partial charge in [0.1, 0.15) is 5.82 Å². The molecular formula is C21H24FNO3S. The lowest BCUT2D eigenvalue weighted by atomic mass is 10.1. The van der Waals surface area contributed by atoms with E-state index < -0.39 is 15.1 Å². The Morgan fingerprint density at radius 1 is 1.11 bits per heavy atom. The van der Waals surface area contributed by atoms with Crippen LogP contribution in [-0.2, 0) is 21.1 Å². The highest BCUT2D eigenvalue weighted by Crippen LogP contribution is 2.25. The smallest absolute Gasteiger partial charge is 0.222 e. The summed E-state index contributed by atoms with van der Waals surface area (Å²) >= 11 is 0. The van der Waals surface area contributed by atoms with E-state index in [-0.39, 0.29) is 11.7 Å². The quantitative estimate of drug-likeness (QED) is 0.786. The summed E-state index contributed by atoms with van der Waals surface area (Å²) in [6.45, 7) is 2.59. The van der Waals surface area contributed by atoms with E-state index in [9.17, 15) is 17.6 Å². The van der Waals surface area contributed by atoms with Crippen LogP contribution in [0.25, 0.3) is 0 Å². The second-order valence-electron chi connectivity index (χ2n) is 7.02. The van der Waals surface area contributed by atoms with E-state index in [2.05, 4.69) is 0 Å². The molecule has 0 N–H and O–H groups in total. The molecule has 4 nitrogen and oxygen atoms in total. The van der Waals surface area contributed by atoms with Gasteiger partial charge in [-0.05, 0) is 55.5 Å². The van der Waals surface area contributed by atoms with Gasteiger partial charge in [-0.2, -0.15) is 0 Å². The largest absolute Gasteiger partial charge is 0.343 e. The number of halogens is 1. The van der Waals surface area contributed by atoms with Crippen molar-refractivity contribution < 1.29 is 17.6 Å². The molecule has 0 saturated carbocycles. The van der Waals surface area contributed by atoms with Crippen LogP contribution in [-0.4, -0.2) is 37.6 Å².